The van der Waals surface area contributed by atoms with Gasteiger partial charge in [0, 0.05) is 12.6 Å². The average molecular weight is 393 g/mol. The van der Waals surface area contributed by atoms with Crippen LogP contribution in [0.5, 0.6) is 0 Å². The van der Waals surface area contributed by atoms with Crippen molar-refractivity contribution in [1.29, 1.82) is 0 Å². The van der Waals surface area contributed by atoms with Crippen LogP contribution < -0.4 is 15.8 Å². The number of guanidine groups is 1. The predicted molar refractivity (Wildman–Crippen MR) is 98.1 cm³/mol. The van der Waals surface area contributed by atoms with E-state index in [1.807, 2.05) is 0 Å². The first-order valence-electron chi connectivity index (χ1n) is 7.90. The molecule has 0 amide bonds. The molecule has 9 heteroatoms. The third-order valence-corrected chi connectivity index (χ3v) is 6.28. The van der Waals surface area contributed by atoms with Crippen molar-refractivity contribution >= 4 is 39.2 Å². The van der Waals surface area contributed by atoms with Gasteiger partial charge in [-0.05, 0) is 25.0 Å². The molecule has 1 saturated carbocycles. The maximum absolute atomic E-state index is 12.2. The van der Waals surface area contributed by atoms with Crippen molar-refractivity contribution in [2.24, 2.45) is 10.7 Å². The number of hydrogen-bond acceptors (Lipinski definition) is 3. The number of benzene rings is 1. The summed E-state index contributed by atoms with van der Waals surface area (Å²) >= 11 is 11.8. The lowest BCUT2D eigenvalue weighted by Gasteiger charge is -2.23. The Morgan fingerprint density at radius 1 is 1.25 bits per heavy atom. The lowest BCUT2D eigenvalue weighted by Crippen LogP contribution is -2.41. The second-order valence-electron chi connectivity index (χ2n) is 5.70. The van der Waals surface area contributed by atoms with Crippen LogP contribution in [-0.2, 0) is 10.0 Å². The van der Waals surface area contributed by atoms with Gasteiger partial charge in [0.25, 0.3) is 0 Å². The molecular formula is C15H22Cl2N4O2S. The zero-order valence-electron chi connectivity index (χ0n) is 13.3. The number of nitrogens with zero attached hydrogens (tertiary/aromatic N) is 1. The third-order valence-electron chi connectivity index (χ3n) is 3.85. The molecule has 134 valence electrons. The Labute approximate surface area is 152 Å². The van der Waals surface area contributed by atoms with Crippen molar-refractivity contribution in [3.63, 3.8) is 0 Å². The number of aliphatic imine (C=N–C) groups is 1. The molecular weight excluding hydrogens is 371 g/mol. The highest BCUT2D eigenvalue weighted by Crippen LogP contribution is 2.28. The van der Waals surface area contributed by atoms with E-state index in [2.05, 4.69) is 15.0 Å². The molecule has 1 aromatic carbocycles. The molecule has 0 saturated heterocycles. The summed E-state index contributed by atoms with van der Waals surface area (Å²) in [7, 11) is -3.74. The molecule has 0 bridgehead atoms. The van der Waals surface area contributed by atoms with Crippen molar-refractivity contribution in [3.8, 4) is 0 Å². The summed E-state index contributed by atoms with van der Waals surface area (Å²) in [6, 6.07) is 4.83. The van der Waals surface area contributed by atoms with Crippen molar-refractivity contribution in [1.82, 2.24) is 10.0 Å². The SMILES string of the molecule is NC(=NCCNS(=O)(=O)c1cccc(Cl)c1Cl)NC1CCCCC1. The lowest BCUT2D eigenvalue weighted by atomic mass is 9.96. The molecule has 1 aliphatic rings. The van der Waals surface area contributed by atoms with Crippen LogP contribution in [0.25, 0.3) is 0 Å². The van der Waals surface area contributed by atoms with Gasteiger partial charge >= 0.3 is 0 Å². The summed E-state index contributed by atoms with van der Waals surface area (Å²) in [6.07, 6.45) is 5.85. The molecule has 0 heterocycles. The fraction of sp³-hybridized carbons (Fsp3) is 0.533. The summed E-state index contributed by atoms with van der Waals surface area (Å²) in [5, 5.41) is 3.38. The summed E-state index contributed by atoms with van der Waals surface area (Å²) < 4.78 is 26.9. The molecule has 0 aliphatic heterocycles. The van der Waals surface area contributed by atoms with E-state index >= 15 is 0 Å². The van der Waals surface area contributed by atoms with Crippen LogP contribution >= 0.6 is 23.2 Å². The van der Waals surface area contributed by atoms with Gasteiger partial charge in [-0.1, -0.05) is 48.5 Å². The van der Waals surface area contributed by atoms with Gasteiger partial charge in [0.2, 0.25) is 10.0 Å². The fourth-order valence-electron chi connectivity index (χ4n) is 2.63. The largest absolute Gasteiger partial charge is 0.370 e. The quantitative estimate of drug-likeness (QED) is 0.393. The Bertz CT molecular complexity index is 689. The van der Waals surface area contributed by atoms with Gasteiger partial charge in [0.1, 0.15) is 4.90 Å². The van der Waals surface area contributed by atoms with E-state index in [-0.39, 0.29) is 28.0 Å². The molecule has 1 aromatic rings. The molecule has 1 fully saturated rings. The minimum Gasteiger partial charge on any atom is -0.370 e. The standard InChI is InChI=1S/C15H22Cl2N4O2S/c16-12-7-4-8-13(14(12)17)24(22,23)20-10-9-19-15(18)21-11-5-2-1-3-6-11/h4,7-8,11,20H,1-3,5-6,9-10H2,(H3,18,19,21). The molecule has 6 nitrogen and oxygen atoms in total. The Morgan fingerprint density at radius 3 is 2.67 bits per heavy atom. The van der Waals surface area contributed by atoms with Crippen molar-refractivity contribution in [3.05, 3.63) is 28.2 Å². The molecule has 0 atom stereocenters. The van der Waals surface area contributed by atoms with Crippen LogP contribution in [-0.4, -0.2) is 33.5 Å². The summed E-state index contributed by atoms with van der Waals surface area (Å²) in [4.78, 5) is 4.11. The first-order chi connectivity index (χ1) is 11.4. The monoisotopic (exact) mass is 392 g/mol. The fourth-order valence-corrected chi connectivity index (χ4v) is 4.41. The van der Waals surface area contributed by atoms with Crippen LogP contribution in [0.4, 0.5) is 0 Å². The maximum atomic E-state index is 12.2. The third kappa shape index (κ3) is 5.51. The van der Waals surface area contributed by atoms with Crippen molar-refractivity contribution in [2.45, 2.75) is 43.0 Å². The number of nitrogens with two attached hydrogens (primary N) is 1. The van der Waals surface area contributed by atoms with E-state index in [4.69, 9.17) is 28.9 Å². The molecule has 4 N–H and O–H groups in total. The topological polar surface area (TPSA) is 96.6 Å². The summed E-state index contributed by atoms with van der Waals surface area (Å²) in [5.41, 5.74) is 5.83. The van der Waals surface area contributed by atoms with E-state index in [9.17, 15) is 8.42 Å². The van der Waals surface area contributed by atoms with Gasteiger partial charge in [-0.3, -0.25) is 4.99 Å². The highest BCUT2D eigenvalue weighted by atomic mass is 35.5. The zero-order valence-corrected chi connectivity index (χ0v) is 15.6. The van der Waals surface area contributed by atoms with Gasteiger partial charge in [-0.25, -0.2) is 13.1 Å². The average Bonchev–Trinajstić information content (AvgIpc) is 2.55. The Balaban J connectivity index is 1.84. The Morgan fingerprint density at radius 2 is 1.96 bits per heavy atom. The molecule has 0 aromatic heterocycles. The van der Waals surface area contributed by atoms with Gasteiger partial charge in [0.15, 0.2) is 5.96 Å². The van der Waals surface area contributed by atoms with Crippen LogP contribution in [0, 0.1) is 0 Å². The number of rotatable bonds is 6. The van der Waals surface area contributed by atoms with Gasteiger partial charge in [-0.2, -0.15) is 0 Å². The molecule has 2 rings (SSSR count). The minimum absolute atomic E-state index is 0.00801. The zero-order chi connectivity index (χ0) is 17.6. The van der Waals surface area contributed by atoms with E-state index in [1.54, 1.807) is 0 Å². The molecule has 1 aliphatic carbocycles. The number of sulfonamides is 1. The van der Waals surface area contributed by atoms with Crippen molar-refractivity contribution < 1.29 is 8.42 Å². The first kappa shape index (κ1) is 19.3. The highest BCUT2D eigenvalue weighted by Gasteiger charge is 2.18. The van der Waals surface area contributed by atoms with E-state index in [0.29, 0.717) is 12.0 Å². The molecule has 0 radical (unpaired) electrons. The van der Waals surface area contributed by atoms with Crippen LogP contribution in [0.15, 0.2) is 28.1 Å². The molecule has 24 heavy (non-hydrogen) atoms. The van der Waals surface area contributed by atoms with E-state index in [0.717, 1.165) is 12.8 Å². The first-order valence-corrected chi connectivity index (χ1v) is 10.1. The highest BCUT2D eigenvalue weighted by molar-refractivity contribution is 7.89. The lowest BCUT2D eigenvalue weighted by molar-refractivity contribution is 0.412. The van der Waals surface area contributed by atoms with Crippen LogP contribution in [0.2, 0.25) is 10.0 Å². The summed E-state index contributed by atoms with van der Waals surface area (Å²) in [6.45, 7) is 0.362. The molecule has 0 spiro atoms. The normalized spacial score (nSPS) is 17.0. The number of halogens is 2. The van der Waals surface area contributed by atoms with E-state index < -0.39 is 10.0 Å². The maximum Gasteiger partial charge on any atom is 0.242 e. The second kappa shape index (κ2) is 8.89. The molecule has 0 unspecified atom stereocenters. The summed E-state index contributed by atoms with van der Waals surface area (Å²) in [5.74, 6) is 0.349. The number of nitrogens with one attached hydrogen (secondary N) is 2. The predicted octanol–water partition coefficient (Wildman–Crippen LogP) is 2.51. The minimum atomic E-state index is -3.74. The smallest absolute Gasteiger partial charge is 0.242 e. The van der Waals surface area contributed by atoms with Gasteiger partial charge in [-0.15, -0.1) is 0 Å². The Kier molecular flexibility index (Phi) is 7.16. The Hall–Kier alpha value is -1.02. The second-order valence-corrected chi connectivity index (χ2v) is 8.22. The van der Waals surface area contributed by atoms with Gasteiger partial charge < -0.3 is 11.1 Å². The number of hydrogen-bond donors (Lipinski definition) is 3. The van der Waals surface area contributed by atoms with Crippen LogP contribution in [0.3, 0.4) is 0 Å². The van der Waals surface area contributed by atoms with Crippen molar-refractivity contribution in [2.75, 3.05) is 13.1 Å². The van der Waals surface area contributed by atoms with Crippen LogP contribution in [0.1, 0.15) is 32.1 Å². The van der Waals surface area contributed by atoms with E-state index in [1.165, 1.54) is 37.5 Å². The van der Waals surface area contributed by atoms with Gasteiger partial charge in [0.05, 0.1) is 16.6 Å².